The summed E-state index contributed by atoms with van der Waals surface area (Å²) in [6.45, 7) is 1.80. The van der Waals surface area contributed by atoms with E-state index in [-0.39, 0.29) is 11.9 Å². The fraction of sp³-hybridized carbons (Fsp3) is 0.400. The van der Waals surface area contributed by atoms with Gasteiger partial charge in [-0.2, -0.15) is 13.2 Å². The number of aromatic nitrogens is 3. The van der Waals surface area contributed by atoms with Gasteiger partial charge in [0.15, 0.2) is 0 Å². The number of rotatable bonds is 4. The van der Waals surface area contributed by atoms with Gasteiger partial charge in [-0.15, -0.1) is 0 Å². The quantitative estimate of drug-likeness (QED) is 0.908. The number of hydrogen-bond acceptors (Lipinski definition) is 3. The first-order valence-electron chi connectivity index (χ1n) is 7.20. The number of carbonyl (C=O) groups excluding carboxylic acids is 1. The average molecular weight is 324 g/mol. The van der Waals surface area contributed by atoms with Crippen LogP contribution in [0, 0.1) is 6.92 Å². The van der Waals surface area contributed by atoms with Crippen LogP contribution in [0.3, 0.4) is 0 Å². The molecule has 0 radical (unpaired) electrons. The molecule has 5 nitrogen and oxygen atoms in total. The van der Waals surface area contributed by atoms with E-state index in [1.165, 1.54) is 0 Å². The molecular formula is C15H15F3N4O. The van der Waals surface area contributed by atoms with Crippen LogP contribution in [0.2, 0.25) is 0 Å². The second kappa shape index (κ2) is 5.68. The molecule has 0 atom stereocenters. The van der Waals surface area contributed by atoms with Crippen molar-refractivity contribution in [2.45, 2.75) is 38.4 Å². The van der Waals surface area contributed by atoms with Crippen LogP contribution in [0.15, 0.2) is 18.6 Å². The number of nitrogens with zero attached hydrogens (tertiary/aromatic N) is 2. The molecular weight excluding hydrogens is 309 g/mol. The predicted octanol–water partition coefficient (Wildman–Crippen LogP) is 2.61. The number of halogens is 3. The molecule has 1 saturated carbocycles. The van der Waals surface area contributed by atoms with Crippen LogP contribution >= 0.6 is 0 Å². The molecule has 8 heteroatoms. The molecule has 0 aromatic carbocycles. The van der Waals surface area contributed by atoms with Crippen molar-refractivity contribution in [2.24, 2.45) is 0 Å². The highest BCUT2D eigenvalue weighted by Gasteiger charge is 2.34. The third kappa shape index (κ3) is 3.52. The molecule has 2 aromatic rings. The van der Waals surface area contributed by atoms with Gasteiger partial charge < -0.3 is 10.3 Å². The van der Waals surface area contributed by atoms with Gasteiger partial charge in [-0.25, -0.2) is 9.97 Å². The van der Waals surface area contributed by atoms with E-state index in [1.807, 2.05) is 0 Å². The zero-order valence-corrected chi connectivity index (χ0v) is 12.4. The largest absolute Gasteiger partial charge is 0.451 e. The van der Waals surface area contributed by atoms with E-state index in [4.69, 9.17) is 0 Å². The minimum atomic E-state index is -4.55. The van der Waals surface area contributed by atoms with E-state index in [2.05, 4.69) is 20.3 Å². The SMILES string of the molecule is Cc1c(Cc2cnc(C(F)(F)F)nc2)c[nH]c1C(=O)NC1CC1. The molecule has 0 unspecified atom stereocenters. The zero-order valence-electron chi connectivity index (χ0n) is 12.4. The van der Waals surface area contributed by atoms with Crippen LogP contribution < -0.4 is 5.32 Å². The van der Waals surface area contributed by atoms with Crippen molar-refractivity contribution >= 4 is 5.91 Å². The van der Waals surface area contributed by atoms with Gasteiger partial charge in [-0.05, 0) is 36.5 Å². The number of aromatic amines is 1. The lowest BCUT2D eigenvalue weighted by molar-refractivity contribution is -0.145. The number of alkyl halides is 3. The number of H-pyrrole nitrogens is 1. The summed E-state index contributed by atoms with van der Waals surface area (Å²) in [7, 11) is 0. The molecule has 0 bridgehead atoms. The number of hydrogen-bond donors (Lipinski definition) is 2. The maximum absolute atomic E-state index is 12.4. The number of nitrogens with one attached hydrogen (secondary N) is 2. The van der Waals surface area contributed by atoms with Crippen molar-refractivity contribution in [3.8, 4) is 0 Å². The molecule has 2 aromatic heterocycles. The first kappa shape index (κ1) is 15.5. The summed E-state index contributed by atoms with van der Waals surface area (Å²) in [5, 5.41) is 2.89. The third-order valence-electron chi connectivity index (χ3n) is 3.74. The van der Waals surface area contributed by atoms with Crippen molar-refractivity contribution in [1.82, 2.24) is 20.3 Å². The highest BCUT2D eigenvalue weighted by atomic mass is 19.4. The Labute approximate surface area is 130 Å². The fourth-order valence-electron chi connectivity index (χ4n) is 2.25. The summed E-state index contributed by atoms with van der Waals surface area (Å²) < 4.78 is 37.3. The number of carbonyl (C=O) groups is 1. The van der Waals surface area contributed by atoms with Gasteiger partial charge in [0.05, 0.1) is 0 Å². The third-order valence-corrected chi connectivity index (χ3v) is 3.74. The topological polar surface area (TPSA) is 70.7 Å². The van der Waals surface area contributed by atoms with Crippen molar-refractivity contribution in [2.75, 3.05) is 0 Å². The molecule has 0 aliphatic heterocycles. The van der Waals surface area contributed by atoms with Crippen LogP contribution in [-0.2, 0) is 12.6 Å². The van der Waals surface area contributed by atoms with Gasteiger partial charge in [0.1, 0.15) is 5.69 Å². The first-order chi connectivity index (χ1) is 10.8. The lowest BCUT2D eigenvalue weighted by Gasteiger charge is -2.06. The van der Waals surface area contributed by atoms with Crippen LogP contribution in [-0.4, -0.2) is 26.9 Å². The Morgan fingerprint density at radius 2 is 2.00 bits per heavy atom. The second-order valence-electron chi connectivity index (χ2n) is 5.65. The lowest BCUT2D eigenvalue weighted by Crippen LogP contribution is -2.26. The minimum Gasteiger partial charge on any atom is -0.357 e. The summed E-state index contributed by atoms with van der Waals surface area (Å²) >= 11 is 0. The molecule has 1 amide bonds. The molecule has 0 spiro atoms. The standard InChI is InChI=1S/C15H15F3N4O/c1-8-10(7-19-12(8)13(23)22-11-2-3-11)4-9-5-20-14(21-6-9)15(16,17)18/h5-7,11,19H,2-4H2,1H3,(H,22,23). The molecule has 1 aliphatic carbocycles. The summed E-state index contributed by atoms with van der Waals surface area (Å²) in [6.07, 6.45) is 1.82. The molecule has 3 rings (SSSR count). The average Bonchev–Trinajstić information content (AvgIpc) is 3.22. The van der Waals surface area contributed by atoms with Gasteiger partial charge in [0, 0.05) is 31.1 Å². The van der Waals surface area contributed by atoms with E-state index in [1.54, 1.807) is 13.1 Å². The maximum Gasteiger partial charge on any atom is 0.451 e. The Kier molecular flexibility index (Phi) is 3.83. The van der Waals surface area contributed by atoms with E-state index in [0.717, 1.165) is 36.4 Å². The number of amides is 1. The van der Waals surface area contributed by atoms with E-state index >= 15 is 0 Å². The highest BCUT2D eigenvalue weighted by Crippen LogP contribution is 2.26. The van der Waals surface area contributed by atoms with Gasteiger partial charge in [0.2, 0.25) is 5.82 Å². The van der Waals surface area contributed by atoms with Crippen LogP contribution in [0.1, 0.15) is 45.8 Å². The molecule has 2 N–H and O–H groups in total. The van der Waals surface area contributed by atoms with Crippen LogP contribution in [0.5, 0.6) is 0 Å². The van der Waals surface area contributed by atoms with Crippen molar-refractivity contribution in [3.05, 3.63) is 46.8 Å². The smallest absolute Gasteiger partial charge is 0.357 e. The summed E-state index contributed by atoms with van der Waals surface area (Å²) in [4.78, 5) is 21.7. The van der Waals surface area contributed by atoms with Crippen molar-refractivity contribution < 1.29 is 18.0 Å². The Balaban J connectivity index is 1.73. The minimum absolute atomic E-state index is 0.153. The molecule has 2 heterocycles. The predicted molar refractivity (Wildman–Crippen MR) is 75.9 cm³/mol. The molecule has 0 saturated heterocycles. The Bertz CT molecular complexity index is 717. The van der Waals surface area contributed by atoms with Gasteiger partial charge in [-0.1, -0.05) is 0 Å². The second-order valence-corrected chi connectivity index (χ2v) is 5.65. The Morgan fingerprint density at radius 3 is 2.57 bits per heavy atom. The van der Waals surface area contributed by atoms with Gasteiger partial charge in [-0.3, -0.25) is 4.79 Å². The van der Waals surface area contributed by atoms with Gasteiger partial charge >= 0.3 is 6.18 Å². The fourth-order valence-corrected chi connectivity index (χ4v) is 2.25. The lowest BCUT2D eigenvalue weighted by atomic mass is 10.1. The molecule has 122 valence electrons. The monoisotopic (exact) mass is 324 g/mol. The van der Waals surface area contributed by atoms with E-state index in [0.29, 0.717) is 17.7 Å². The van der Waals surface area contributed by atoms with E-state index < -0.39 is 12.0 Å². The maximum atomic E-state index is 12.4. The Hall–Kier alpha value is -2.38. The normalized spacial score (nSPS) is 14.8. The summed E-state index contributed by atoms with van der Waals surface area (Å²) in [6, 6.07) is 0.261. The summed E-state index contributed by atoms with van der Waals surface area (Å²) in [5.41, 5.74) is 2.64. The van der Waals surface area contributed by atoms with Crippen LogP contribution in [0.25, 0.3) is 0 Å². The highest BCUT2D eigenvalue weighted by molar-refractivity contribution is 5.94. The Morgan fingerprint density at radius 1 is 1.35 bits per heavy atom. The summed E-state index contributed by atoms with van der Waals surface area (Å²) in [5.74, 6) is -1.31. The van der Waals surface area contributed by atoms with Crippen molar-refractivity contribution in [1.29, 1.82) is 0 Å². The van der Waals surface area contributed by atoms with E-state index in [9.17, 15) is 18.0 Å². The molecule has 23 heavy (non-hydrogen) atoms. The van der Waals surface area contributed by atoms with Gasteiger partial charge in [0.25, 0.3) is 5.91 Å². The zero-order chi connectivity index (χ0) is 16.6. The molecule has 1 aliphatic rings. The van der Waals surface area contributed by atoms with Crippen LogP contribution in [0.4, 0.5) is 13.2 Å². The molecule has 1 fully saturated rings. The first-order valence-corrected chi connectivity index (χ1v) is 7.20. The van der Waals surface area contributed by atoms with Crippen molar-refractivity contribution in [3.63, 3.8) is 0 Å².